The van der Waals surface area contributed by atoms with Crippen LogP contribution in [0.1, 0.15) is 30.0 Å². The lowest BCUT2D eigenvalue weighted by Gasteiger charge is -2.33. The standard InChI is InChI=1S/C21H25FN2O5S/c22-19-8-6-17(7-9-19)14-29-20-10-12-23(13-11-20)30(27,28)15-21(24(26)16-25)18-4-2-1-3-5-18/h1-9,16,20-21,26H,10-15H2. The van der Waals surface area contributed by atoms with Gasteiger partial charge in [-0.3, -0.25) is 10.0 Å². The van der Waals surface area contributed by atoms with Crippen molar-refractivity contribution in [3.05, 3.63) is 71.5 Å². The van der Waals surface area contributed by atoms with Gasteiger partial charge in [0.15, 0.2) is 0 Å². The average Bonchev–Trinajstić information content (AvgIpc) is 2.77. The van der Waals surface area contributed by atoms with Crippen LogP contribution in [0.25, 0.3) is 0 Å². The third-order valence-electron chi connectivity index (χ3n) is 5.17. The lowest BCUT2D eigenvalue weighted by atomic mass is 10.1. The molecule has 0 bridgehead atoms. The number of hydroxylamine groups is 2. The van der Waals surface area contributed by atoms with Crippen molar-refractivity contribution in [2.75, 3.05) is 18.8 Å². The van der Waals surface area contributed by atoms with Crippen LogP contribution in [0.5, 0.6) is 0 Å². The van der Waals surface area contributed by atoms with Crippen molar-refractivity contribution in [2.24, 2.45) is 0 Å². The van der Waals surface area contributed by atoms with E-state index in [0.29, 0.717) is 43.2 Å². The number of hydrogen-bond acceptors (Lipinski definition) is 5. The van der Waals surface area contributed by atoms with Crippen LogP contribution in [0.15, 0.2) is 54.6 Å². The number of amides is 1. The molecule has 1 amide bonds. The van der Waals surface area contributed by atoms with Gasteiger partial charge in [0.2, 0.25) is 16.4 Å². The lowest BCUT2D eigenvalue weighted by Crippen LogP contribution is -2.44. The molecule has 1 aliphatic rings. The van der Waals surface area contributed by atoms with Gasteiger partial charge in [-0.15, -0.1) is 0 Å². The van der Waals surface area contributed by atoms with Crippen molar-refractivity contribution < 1.29 is 27.5 Å². The molecular weight excluding hydrogens is 411 g/mol. The van der Waals surface area contributed by atoms with Crippen molar-refractivity contribution >= 4 is 16.4 Å². The van der Waals surface area contributed by atoms with Crippen molar-refractivity contribution in [3.8, 4) is 0 Å². The highest BCUT2D eigenvalue weighted by atomic mass is 32.2. The van der Waals surface area contributed by atoms with Gasteiger partial charge in [-0.25, -0.2) is 22.2 Å². The van der Waals surface area contributed by atoms with Crippen molar-refractivity contribution in [1.29, 1.82) is 0 Å². The van der Waals surface area contributed by atoms with E-state index in [1.54, 1.807) is 42.5 Å². The zero-order chi connectivity index (χ0) is 21.6. The highest BCUT2D eigenvalue weighted by Gasteiger charge is 2.33. The Morgan fingerprint density at radius 2 is 1.77 bits per heavy atom. The number of piperidine rings is 1. The Bertz CT molecular complexity index is 916. The molecule has 1 fully saturated rings. The largest absolute Gasteiger partial charge is 0.373 e. The Hall–Kier alpha value is -2.33. The Balaban J connectivity index is 1.56. The Morgan fingerprint density at radius 1 is 1.13 bits per heavy atom. The van der Waals surface area contributed by atoms with Crippen LogP contribution in [0.4, 0.5) is 4.39 Å². The average molecular weight is 437 g/mol. The molecule has 0 saturated carbocycles. The fourth-order valence-corrected chi connectivity index (χ4v) is 5.17. The molecule has 0 aliphatic carbocycles. The fourth-order valence-electron chi connectivity index (χ4n) is 3.45. The zero-order valence-electron chi connectivity index (χ0n) is 16.4. The first-order valence-corrected chi connectivity index (χ1v) is 11.3. The Morgan fingerprint density at radius 3 is 2.37 bits per heavy atom. The number of sulfonamides is 1. The monoisotopic (exact) mass is 436 g/mol. The van der Waals surface area contributed by atoms with Crippen LogP contribution >= 0.6 is 0 Å². The van der Waals surface area contributed by atoms with Gasteiger partial charge in [0.1, 0.15) is 5.82 Å². The topological polar surface area (TPSA) is 87.2 Å². The number of carbonyl (C=O) groups excluding carboxylic acids is 1. The summed E-state index contributed by atoms with van der Waals surface area (Å²) >= 11 is 0. The molecule has 0 aromatic heterocycles. The van der Waals surface area contributed by atoms with Crippen LogP contribution in [0, 0.1) is 5.82 Å². The second kappa shape index (κ2) is 10.1. The van der Waals surface area contributed by atoms with Gasteiger partial charge in [-0.2, -0.15) is 0 Å². The summed E-state index contributed by atoms with van der Waals surface area (Å²) in [6.07, 6.45) is 1.19. The van der Waals surface area contributed by atoms with Crippen LogP contribution in [-0.4, -0.2) is 54.3 Å². The van der Waals surface area contributed by atoms with Crippen molar-refractivity contribution in [2.45, 2.75) is 31.6 Å². The van der Waals surface area contributed by atoms with E-state index in [1.165, 1.54) is 16.4 Å². The second-order valence-electron chi connectivity index (χ2n) is 7.23. The SMILES string of the molecule is O=CN(O)C(CS(=O)(=O)N1CCC(OCc2ccc(F)cc2)CC1)c1ccccc1. The summed E-state index contributed by atoms with van der Waals surface area (Å²) < 4.78 is 46.0. The first-order chi connectivity index (χ1) is 14.4. The summed E-state index contributed by atoms with van der Waals surface area (Å²) in [4.78, 5) is 11.1. The Labute approximate surface area is 175 Å². The molecule has 3 rings (SSSR count). The molecule has 9 heteroatoms. The third-order valence-corrected chi connectivity index (χ3v) is 7.06. The Kier molecular flexibility index (Phi) is 7.54. The number of hydrogen-bond donors (Lipinski definition) is 1. The smallest absolute Gasteiger partial charge is 0.233 e. The molecule has 1 unspecified atom stereocenters. The molecule has 2 aromatic rings. The van der Waals surface area contributed by atoms with E-state index < -0.39 is 21.8 Å². The van der Waals surface area contributed by atoms with E-state index in [-0.39, 0.29) is 18.3 Å². The predicted molar refractivity (Wildman–Crippen MR) is 108 cm³/mol. The van der Waals surface area contributed by atoms with Gasteiger partial charge in [0, 0.05) is 13.1 Å². The molecule has 162 valence electrons. The number of nitrogens with zero attached hydrogens (tertiary/aromatic N) is 2. The predicted octanol–water partition coefficient (Wildman–Crippen LogP) is 2.73. The number of carbonyl (C=O) groups is 1. The third kappa shape index (κ3) is 5.85. The van der Waals surface area contributed by atoms with Gasteiger partial charge in [0.25, 0.3) is 0 Å². The fraction of sp³-hybridized carbons (Fsp3) is 0.381. The molecular formula is C21H25FN2O5S. The number of halogens is 1. The van der Waals surface area contributed by atoms with Gasteiger partial charge in [-0.05, 0) is 36.1 Å². The number of benzene rings is 2. The molecule has 1 saturated heterocycles. The highest BCUT2D eigenvalue weighted by Crippen LogP contribution is 2.24. The summed E-state index contributed by atoms with van der Waals surface area (Å²) in [5.41, 5.74) is 1.39. The molecule has 1 atom stereocenters. The molecule has 1 aliphatic heterocycles. The maximum atomic E-state index is 13.0. The van der Waals surface area contributed by atoms with Gasteiger partial charge < -0.3 is 4.74 Å². The van der Waals surface area contributed by atoms with Gasteiger partial charge in [0.05, 0.1) is 24.5 Å². The highest BCUT2D eigenvalue weighted by molar-refractivity contribution is 7.89. The number of ether oxygens (including phenoxy) is 1. The second-order valence-corrected chi connectivity index (χ2v) is 9.24. The molecule has 2 aromatic carbocycles. The normalized spacial score (nSPS) is 16.9. The van der Waals surface area contributed by atoms with E-state index in [0.717, 1.165) is 5.56 Å². The van der Waals surface area contributed by atoms with E-state index in [1.807, 2.05) is 0 Å². The van der Waals surface area contributed by atoms with Gasteiger partial charge >= 0.3 is 0 Å². The maximum absolute atomic E-state index is 13.0. The van der Waals surface area contributed by atoms with E-state index in [9.17, 15) is 22.8 Å². The summed E-state index contributed by atoms with van der Waals surface area (Å²) in [6, 6.07) is 13.6. The summed E-state index contributed by atoms with van der Waals surface area (Å²) in [6.45, 7) is 0.932. The summed E-state index contributed by atoms with van der Waals surface area (Å²) in [5.74, 6) is -0.713. The zero-order valence-corrected chi connectivity index (χ0v) is 17.2. The number of rotatable bonds is 9. The summed E-state index contributed by atoms with van der Waals surface area (Å²) in [7, 11) is -3.71. The van der Waals surface area contributed by atoms with Crippen LogP contribution in [-0.2, 0) is 26.2 Å². The van der Waals surface area contributed by atoms with Crippen LogP contribution in [0.2, 0.25) is 0 Å². The molecule has 1 heterocycles. The van der Waals surface area contributed by atoms with Crippen molar-refractivity contribution in [3.63, 3.8) is 0 Å². The van der Waals surface area contributed by atoms with Crippen molar-refractivity contribution in [1.82, 2.24) is 9.37 Å². The minimum absolute atomic E-state index is 0.0873. The molecule has 7 nitrogen and oxygen atoms in total. The molecule has 1 N–H and O–H groups in total. The minimum atomic E-state index is -3.71. The van der Waals surface area contributed by atoms with E-state index in [2.05, 4.69) is 0 Å². The summed E-state index contributed by atoms with van der Waals surface area (Å²) in [5, 5.41) is 10.3. The first-order valence-electron chi connectivity index (χ1n) is 9.70. The van der Waals surface area contributed by atoms with Crippen LogP contribution < -0.4 is 0 Å². The lowest BCUT2D eigenvalue weighted by molar-refractivity contribution is -0.159. The van der Waals surface area contributed by atoms with Crippen LogP contribution in [0.3, 0.4) is 0 Å². The molecule has 0 radical (unpaired) electrons. The molecule has 0 spiro atoms. The van der Waals surface area contributed by atoms with E-state index >= 15 is 0 Å². The van der Waals surface area contributed by atoms with E-state index in [4.69, 9.17) is 4.74 Å². The quantitative estimate of drug-likeness (QED) is 0.371. The molecule has 30 heavy (non-hydrogen) atoms. The van der Waals surface area contributed by atoms with Gasteiger partial charge in [-0.1, -0.05) is 42.5 Å². The first kappa shape index (κ1) is 22.4. The maximum Gasteiger partial charge on any atom is 0.233 e. The minimum Gasteiger partial charge on any atom is -0.373 e.